The summed E-state index contributed by atoms with van der Waals surface area (Å²) in [5, 5.41) is 0.359. The third-order valence-electron chi connectivity index (χ3n) is 1.97. The number of amides is 1. The highest BCUT2D eigenvalue weighted by molar-refractivity contribution is 9.09. The van der Waals surface area contributed by atoms with Gasteiger partial charge < -0.3 is 4.90 Å². The first kappa shape index (κ1) is 10.3. The summed E-state index contributed by atoms with van der Waals surface area (Å²) >= 11 is 3.15. The second-order valence-electron chi connectivity index (χ2n) is 2.87. The van der Waals surface area contributed by atoms with Crippen molar-refractivity contribution in [2.24, 2.45) is 0 Å². The Bertz CT molecular complexity index is 312. The molecule has 0 heterocycles. The number of alkyl halides is 1. The van der Waals surface area contributed by atoms with E-state index in [-0.39, 0.29) is 5.91 Å². The van der Waals surface area contributed by atoms with Gasteiger partial charge in [-0.2, -0.15) is 0 Å². The van der Waals surface area contributed by atoms with Crippen LogP contribution in [0.4, 0.5) is 5.69 Å². The molecule has 13 heavy (non-hydrogen) atoms. The molecule has 3 heteroatoms. The number of rotatable bonds is 2. The second-order valence-corrected chi connectivity index (χ2v) is 3.43. The number of halogens is 1. The van der Waals surface area contributed by atoms with E-state index < -0.39 is 0 Å². The molecule has 0 fully saturated rings. The number of hydrogen-bond donors (Lipinski definition) is 0. The molecule has 0 saturated carbocycles. The molecule has 0 aliphatic heterocycles. The Kier molecular flexibility index (Phi) is 3.48. The highest BCUT2D eigenvalue weighted by atomic mass is 79.9. The Morgan fingerprint density at radius 2 is 2.08 bits per heavy atom. The van der Waals surface area contributed by atoms with Crippen molar-refractivity contribution in [2.45, 2.75) is 6.92 Å². The molecule has 0 aliphatic rings. The lowest BCUT2D eigenvalue weighted by atomic mass is 10.2. The average molecular weight is 242 g/mol. The molecule has 0 unspecified atom stereocenters. The molecule has 1 rings (SSSR count). The van der Waals surface area contributed by atoms with Crippen LogP contribution in [-0.2, 0) is 4.79 Å². The Morgan fingerprint density at radius 1 is 1.46 bits per heavy atom. The summed E-state index contributed by atoms with van der Waals surface area (Å²) in [6, 6.07) is 7.83. The third-order valence-corrected chi connectivity index (χ3v) is 2.44. The normalized spacial score (nSPS) is 9.77. The number of carbonyl (C=O) groups is 1. The van der Waals surface area contributed by atoms with Crippen LogP contribution in [-0.4, -0.2) is 18.3 Å². The Hall–Kier alpha value is -0.830. The predicted octanol–water partition coefficient (Wildman–Crippen LogP) is 2.35. The van der Waals surface area contributed by atoms with Crippen molar-refractivity contribution in [2.75, 3.05) is 17.3 Å². The summed E-state index contributed by atoms with van der Waals surface area (Å²) < 4.78 is 0. The number of para-hydroxylation sites is 1. The van der Waals surface area contributed by atoms with Crippen molar-refractivity contribution in [3.63, 3.8) is 0 Å². The van der Waals surface area contributed by atoms with Crippen molar-refractivity contribution in [3.8, 4) is 0 Å². The van der Waals surface area contributed by atoms with Gasteiger partial charge in [0.1, 0.15) is 0 Å². The fourth-order valence-electron chi connectivity index (χ4n) is 1.16. The number of hydrogen-bond acceptors (Lipinski definition) is 1. The van der Waals surface area contributed by atoms with Gasteiger partial charge in [-0.3, -0.25) is 4.79 Å². The van der Waals surface area contributed by atoms with E-state index in [1.807, 2.05) is 31.2 Å². The number of anilines is 1. The molecular weight excluding hydrogens is 230 g/mol. The van der Waals surface area contributed by atoms with Gasteiger partial charge in [-0.25, -0.2) is 0 Å². The van der Waals surface area contributed by atoms with E-state index >= 15 is 0 Å². The fourth-order valence-corrected chi connectivity index (χ4v) is 1.54. The minimum Gasteiger partial charge on any atom is -0.315 e. The van der Waals surface area contributed by atoms with Gasteiger partial charge in [0.2, 0.25) is 5.91 Å². The van der Waals surface area contributed by atoms with Crippen molar-refractivity contribution < 1.29 is 4.79 Å². The zero-order valence-electron chi connectivity index (χ0n) is 7.75. The maximum absolute atomic E-state index is 11.3. The van der Waals surface area contributed by atoms with Crippen LogP contribution < -0.4 is 4.90 Å². The van der Waals surface area contributed by atoms with E-state index in [4.69, 9.17) is 0 Å². The first-order valence-corrected chi connectivity index (χ1v) is 5.17. The quantitative estimate of drug-likeness (QED) is 0.729. The van der Waals surface area contributed by atoms with Crippen LogP contribution in [0.5, 0.6) is 0 Å². The summed E-state index contributed by atoms with van der Waals surface area (Å²) in [6.07, 6.45) is 0. The average Bonchev–Trinajstić information content (AvgIpc) is 2.16. The fraction of sp³-hybridized carbons (Fsp3) is 0.300. The Morgan fingerprint density at radius 3 is 2.62 bits per heavy atom. The molecule has 1 amide bonds. The van der Waals surface area contributed by atoms with Crippen LogP contribution >= 0.6 is 15.9 Å². The SMILES string of the molecule is Cc1ccccc1N(C)C(=O)CBr. The second kappa shape index (κ2) is 4.42. The minimum atomic E-state index is 0.0642. The molecule has 0 bridgehead atoms. The lowest BCUT2D eigenvalue weighted by Crippen LogP contribution is -2.27. The highest BCUT2D eigenvalue weighted by Gasteiger charge is 2.09. The van der Waals surface area contributed by atoms with Gasteiger partial charge in [-0.05, 0) is 18.6 Å². The molecule has 1 aromatic carbocycles. The molecular formula is C10H12BrNO. The zero-order chi connectivity index (χ0) is 9.84. The summed E-state index contributed by atoms with van der Waals surface area (Å²) in [4.78, 5) is 13.0. The molecule has 1 aromatic rings. The van der Waals surface area contributed by atoms with Gasteiger partial charge in [0.25, 0.3) is 0 Å². The van der Waals surface area contributed by atoms with E-state index in [1.54, 1.807) is 11.9 Å². The van der Waals surface area contributed by atoms with Gasteiger partial charge in [-0.15, -0.1) is 0 Å². The van der Waals surface area contributed by atoms with Crippen LogP contribution in [0, 0.1) is 6.92 Å². The maximum atomic E-state index is 11.3. The molecule has 0 N–H and O–H groups in total. The number of carbonyl (C=O) groups excluding carboxylic acids is 1. The van der Waals surface area contributed by atoms with Crippen LogP contribution in [0.15, 0.2) is 24.3 Å². The van der Waals surface area contributed by atoms with Gasteiger partial charge in [-0.1, -0.05) is 34.1 Å². The van der Waals surface area contributed by atoms with Gasteiger partial charge in [0, 0.05) is 12.7 Å². The van der Waals surface area contributed by atoms with Crippen LogP contribution in [0.3, 0.4) is 0 Å². The molecule has 70 valence electrons. The van der Waals surface area contributed by atoms with Gasteiger partial charge >= 0.3 is 0 Å². The smallest absolute Gasteiger partial charge is 0.237 e. The van der Waals surface area contributed by atoms with Crippen molar-refractivity contribution in [1.29, 1.82) is 0 Å². The molecule has 0 aromatic heterocycles. The zero-order valence-corrected chi connectivity index (χ0v) is 9.34. The lowest BCUT2D eigenvalue weighted by Gasteiger charge is -2.17. The van der Waals surface area contributed by atoms with Crippen LogP contribution in [0.25, 0.3) is 0 Å². The van der Waals surface area contributed by atoms with E-state index in [1.165, 1.54) is 0 Å². The molecule has 0 radical (unpaired) electrons. The monoisotopic (exact) mass is 241 g/mol. The molecule has 0 atom stereocenters. The number of benzene rings is 1. The van der Waals surface area contributed by atoms with Crippen LogP contribution in [0.1, 0.15) is 5.56 Å². The first-order chi connectivity index (χ1) is 6.16. The highest BCUT2D eigenvalue weighted by Crippen LogP contribution is 2.17. The molecule has 2 nitrogen and oxygen atoms in total. The van der Waals surface area contributed by atoms with Gasteiger partial charge in [0.05, 0.1) is 5.33 Å². The third kappa shape index (κ3) is 2.31. The van der Waals surface area contributed by atoms with Crippen molar-refractivity contribution in [1.82, 2.24) is 0 Å². The summed E-state index contributed by atoms with van der Waals surface area (Å²) in [5.74, 6) is 0.0642. The molecule has 0 spiro atoms. The Labute approximate surface area is 86.7 Å². The summed E-state index contributed by atoms with van der Waals surface area (Å²) in [6.45, 7) is 1.99. The number of aryl methyl sites for hydroxylation is 1. The van der Waals surface area contributed by atoms with E-state index in [0.29, 0.717) is 5.33 Å². The van der Waals surface area contributed by atoms with E-state index in [2.05, 4.69) is 15.9 Å². The first-order valence-electron chi connectivity index (χ1n) is 4.05. The van der Waals surface area contributed by atoms with Gasteiger partial charge in [0.15, 0.2) is 0 Å². The standard InChI is InChI=1S/C10H12BrNO/c1-8-5-3-4-6-9(8)12(2)10(13)7-11/h3-6H,7H2,1-2H3. The lowest BCUT2D eigenvalue weighted by molar-refractivity contribution is -0.115. The van der Waals surface area contributed by atoms with E-state index in [0.717, 1.165) is 11.3 Å². The van der Waals surface area contributed by atoms with Crippen molar-refractivity contribution in [3.05, 3.63) is 29.8 Å². The Balaban J connectivity index is 2.95. The van der Waals surface area contributed by atoms with Crippen LogP contribution in [0.2, 0.25) is 0 Å². The topological polar surface area (TPSA) is 20.3 Å². The minimum absolute atomic E-state index is 0.0642. The largest absolute Gasteiger partial charge is 0.315 e. The number of nitrogens with zero attached hydrogens (tertiary/aromatic N) is 1. The van der Waals surface area contributed by atoms with Crippen molar-refractivity contribution >= 4 is 27.5 Å². The molecule has 0 saturated heterocycles. The predicted molar refractivity (Wildman–Crippen MR) is 58.4 cm³/mol. The molecule has 0 aliphatic carbocycles. The summed E-state index contributed by atoms with van der Waals surface area (Å²) in [5.41, 5.74) is 2.08. The summed E-state index contributed by atoms with van der Waals surface area (Å²) in [7, 11) is 1.78. The maximum Gasteiger partial charge on any atom is 0.237 e. The van der Waals surface area contributed by atoms with E-state index in [9.17, 15) is 4.79 Å².